The largest absolute Gasteiger partial charge is 0.471 e. The number of carbonyl (C=O) groups is 1. The highest BCUT2D eigenvalue weighted by molar-refractivity contribution is 5.79. The molecule has 1 aliphatic heterocycles. The lowest BCUT2D eigenvalue weighted by molar-refractivity contribution is -0.138. The molecular weight excluding hydrogens is 266 g/mol. The molecule has 2 heterocycles. The third-order valence-corrected chi connectivity index (χ3v) is 4.14. The normalized spacial score (nSPS) is 25.6. The van der Waals surface area contributed by atoms with E-state index in [0.29, 0.717) is 12.4 Å². The molecule has 3 rings (SSSR count). The Bertz CT molecular complexity index is 504. The maximum atomic E-state index is 12.6. The number of piperidine rings is 1. The molecule has 5 nitrogen and oxygen atoms in total. The fourth-order valence-electron chi connectivity index (χ4n) is 3.03. The molecule has 2 aliphatic rings. The number of carbonyl (C=O) groups excluding carboxylic acids is 1. The predicted molar refractivity (Wildman–Crippen MR) is 78.7 cm³/mol. The zero-order valence-corrected chi connectivity index (χ0v) is 12.1. The van der Waals surface area contributed by atoms with E-state index in [-0.39, 0.29) is 17.9 Å². The van der Waals surface area contributed by atoms with Crippen molar-refractivity contribution in [2.24, 2.45) is 5.92 Å². The summed E-state index contributed by atoms with van der Waals surface area (Å²) in [7, 11) is 0. The van der Waals surface area contributed by atoms with Crippen LogP contribution in [0, 0.1) is 5.92 Å². The summed E-state index contributed by atoms with van der Waals surface area (Å²) in [5.74, 6) is 0.981. The molecule has 0 aromatic carbocycles. The first kappa shape index (κ1) is 14.0. The molecule has 1 amide bonds. The van der Waals surface area contributed by atoms with Crippen LogP contribution in [0.2, 0.25) is 0 Å². The standard InChI is InChI=1S/C16H21N3O2/c20-16(13-6-2-1-3-7-13)19-11-5-8-14(12-19)21-15-9-4-10-17-18-15/h1-2,4,9-10,13-14H,3,5-8,11-12H2. The number of hydrogen-bond acceptors (Lipinski definition) is 4. The Hall–Kier alpha value is -1.91. The van der Waals surface area contributed by atoms with Crippen LogP contribution in [-0.4, -0.2) is 40.2 Å². The van der Waals surface area contributed by atoms with Crippen LogP contribution in [0.15, 0.2) is 30.5 Å². The second kappa shape index (κ2) is 6.70. The number of nitrogens with zero attached hydrogens (tertiary/aromatic N) is 3. The first-order chi connectivity index (χ1) is 10.3. The van der Waals surface area contributed by atoms with Crippen molar-refractivity contribution in [1.29, 1.82) is 0 Å². The van der Waals surface area contributed by atoms with Crippen molar-refractivity contribution in [3.8, 4) is 5.88 Å². The summed E-state index contributed by atoms with van der Waals surface area (Å²) >= 11 is 0. The Labute approximate surface area is 125 Å². The molecule has 1 saturated heterocycles. The van der Waals surface area contributed by atoms with Gasteiger partial charge >= 0.3 is 0 Å². The van der Waals surface area contributed by atoms with Crippen molar-refractivity contribution < 1.29 is 9.53 Å². The Kier molecular flexibility index (Phi) is 4.48. The highest BCUT2D eigenvalue weighted by Crippen LogP contribution is 2.23. The SMILES string of the molecule is O=C(C1CC=CCC1)N1CCCC(Oc2cccnn2)C1. The number of aromatic nitrogens is 2. The van der Waals surface area contributed by atoms with Gasteiger partial charge in [-0.15, -0.1) is 5.10 Å². The third kappa shape index (κ3) is 3.60. The van der Waals surface area contributed by atoms with Crippen molar-refractivity contribution >= 4 is 5.91 Å². The molecule has 2 unspecified atom stereocenters. The van der Waals surface area contributed by atoms with E-state index < -0.39 is 0 Å². The lowest BCUT2D eigenvalue weighted by Gasteiger charge is -2.35. The Morgan fingerprint density at radius 3 is 3.05 bits per heavy atom. The Balaban J connectivity index is 1.57. The number of amides is 1. The van der Waals surface area contributed by atoms with Crippen LogP contribution in [0.25, 0.3) is 0 Å². The molecule has 1 aromatic rings. The molecule has 0 bridgehead atoms. The van der Waals surface area contributed by atoms with Crippen molar-refractivity contribution in [2.45, 2.75) is 38.2 Å². The minimum absolute atomic E-state index is 0.0264. The Morgan fingerprint density at radius 2 is 2.29 bits per heavy atom. The molecule has 0 N–H and O–H groups in total. The monoisotopic (exact) mass is 287 g/mol. The van der Waals surface area contributed by atoms with E-state index in [4.69, 9.17) is 4.74 Å². The lowest BCUT2D eigenvalue weighted by Crippen LogP contribution is -2.46. The number of likely N-dealkylation sites (tertiary alicyclic amines) is 1. The molecule has 0 radical (unpaired) electrons. The van der Waals surface area contributed by atoms with Crippen LogP contribution in [-0.2, 0) is 4.79 Å². The van der Waals surface area contributed by atoms with E-state index in [1.54, 1.807) is 12.3 Å². The van der Waals surface area contributed by atoms with Crippen molar-refractivity contribution in [1.82, 2.24) is 15.1 Å². The van der Waals surface area contributed by atoms with E-state index >= 15 is 0 Å². The second-order valence-electron chi connectivity index (χ2n) is 5.71. The fraction of sp³-hybridized carbons (Fsp3) is 0.562. The average molecular weight is 287 g/mol. The average Bonchev–Trinajstić information content (AvgIpc) is 2.56. The van der Waals surface area contributed by atoms with Crippen LogP contribution in [0.1, 0.15) is 32.1 Å². The molecule has 112 valence electrons. The minimum Gasteiger partial charge on any atom is -0.471 e. The zero-order chi connectivity index (χ0) is 14.5. The molecule has 1 aromatic heterocycles. The summed E-state index contributed by atoms with van der Waals surface area (Å²) in [6, 6.07) is 3.61. The van der Waals surface area contributed by atoms with Gasteiger partial charge in [0.15, 0.2) is 0 Å². The first-order valence-electron chi connectivity index (χ1n) is 7.71. The van der Waals surface area contributed by atoms with E-state index in [9.17, 15) is 4.79 Å². The Morgan fingerprint density at radius 1 is 1.33 bits per heavy atom. The fourth-order valence-corrected chi connectivity index (χ4v) is 3.03. The highest BCUT2D eigenvalue weighted by Gasteiger charge is 2.29. The lowest BCUT2D eigenvalue weighted by atomic mass is 9.92. The van der Waals surface area contributed by atoms with Gasteiger partial charge in [-0.25, -0.2) is 0 Å². The molecule has 2 atom stereocenters. The topological polar surface area (TPSA) is 55.3 Å². The number of hydrogen-bond donors (Lipinski definition) is 0. The molecule has 21 heavy (non-hydrogen) atoms. The van der Waals surface area contributed by atoms with Gasteiger partial charge in [-0.3, -0.25) is 4.79 Å². The van der Waals surface area contributed by atoms with Gasteiger partial charge in [-0.05, 0) is 38.2 Å². The molecule has 1 aliphatic carbocycles. The van der Waals surface area contributed by atoms with Gasteiger partial charge in [0.25, 0.3) is 0 Å². The van der Waals surface area contributed by atoms with E-state index in [0.717, 1.165) is 38.6 Å². The van der Waals surface area contributed by atoms with E-state index in [1.807, 2.05) is 11.0 Å². The van der Waals surface area contributed by atoms with E-state index in [2.05, 4.69) is 22.3 Å². The molecule has 1 fully saturated rings. The predicted octanol–water partition coefficient (Wildman–Crippen LogP) is 2.20. The number of allylic oxidation sites excluding steroid dienone is 2. The summed E-state index contributed by atoms with van der Waals surface area (Å²) in [6.07, 6.45) is 10.8. The maximum absolute atomic E-state index is 12.6. The van der Waals surface area contributed by atoms with Crippen molar-refractivity contribution in [2.75, 3.05) is 13.1 Å². The number of rotatable bonds is 3. The smallest absolute Gasteiger partial charge is 0.233 e. The van der Waals surface area contributed by atoms with Gasteiger partial charge in [0.05, 0.1) is 6.54 Å². The number of ether oxygens (including phenoxy) is 1. The minimum atomic E-state index is 0.0264. The van der Waals surface area contributed by atoms with Crippen molar-refractivity contribution in [3.63, 3.8) is 0 Å². The highest BCUT2D eigenvalue weighted by atomic mass is 16.5. The van der Waals surface area contributed by atoms with Gasteiger partial charge in [-0.2, -0.15) is 5.10 Å². The molecule has 0 saturated carbocycles. The van der Waals surface area contributed by atoms with Gasteiger partial charge < -0.3 is 9.64 Å². The third-order valence-electron chi connectivity index (χ3n) is 4.14. The molecular formula is C16H21N3O2. The summed E-state index contributed by atoms with van der Waals surface area (Å²) in [4.78, 5) is 14.5. The summed E-state index contributed by atoms with van der Waals surface area (Å²) < 4.78 is 5.84. The second-order valence-corrected chi connectivity index (χ2v) is 5.71. The quantitative estimate of drug-likeness (QED) is 0.800. The van der Waals surface area contributed by atoms with Crippen LogP contribution < -0.4 is 4.74 Å². The van der Waals surface area contributed by atoms with Crippen molar-refractivity contribution in [3.05, 3.63) is 30.5 Å². The van der Waals surface area contributed by atoms with Crippen LogP contribution in [0.4, 0.5) is 0 Å². The van der Waals surface area contributed by atoms with Crippen LogP contribution in [0.5, 0.6) is 5.88 Å². The molecule has 0 spiro atoms. The zero-order valence-electron chi connectivity index (χ0n) is 12.1. The first-order valence-corrected chi connectivity index (χ1v) is 7.71. The molecule has 5 heteroatoms. The van der Waals surface area contributed by atoms with Gasteiger partial charge in [0.1, 0.15) is 6.10 Å². The summed E-state index contributed by atoms with van der Waals surface area (Å²) in [5, 5.41) is 7.76. The van der Waals surface area contributed by atoms with Gasteiger partial charge in [-0.1, -0.05) is 12.2 Å². The van der Waals surface area contributed by atoms with E-state index in [1.165, 1.54) is 0 Å². The van der Waals surface area contributed by atoms with Crippen LogP contribution in [0.3, 0.4) is 0 Å². The van der Waals surface area contributed by atoms with Gasteiger partial charge in [0, 0.05) is 24.7 Å². The van der Waals surface area contributed by atoms with Gasteiger partial charge in [0.2, 0.25) is 11.8 Å². The maximum Gasteiger partial charge on any atom is 0.233 e. The summed E-state index contributed by atoms with van der Waals surface area (Å²) in [5.41, 5.74) is 0. The van der Waals surface area contributed by atoms with Crippen LogP contribution >= 0.6 is 0 Å². The summed E-state index contributed by atoms with van der Waals surface area (Å²) in [6.45, 7) is 1.51.